The van der Waals surface area contributed by atoms with Gasteiger partial charge in [-0.1, -0.05) is 100 Å². The summed E-state index contributed by atoms with van der Waals surface area (Å²) in [7, 11) is -3.82. The van der Waals surface area contributed by atoms with Gasteiger partial charge in [-0.2, -0.15) is 8.42 Å². The first-order chi connectivity index (χ1) is 18.0. The van der Waals surface area contributed by atoms with E-state index in [9.17, 15) is 8.42 Å². The summed E-state index contributed by atoms with van der Waals surface area (Å²) in [6, 6.07) is 16.4. The van der Waals surface area contributed by atoms with Gasteiger partial charge in [-0.15, -0.1) is 6.58 Å². The van der Waals surface area contributed by atoms with Crippen molar-refractivity contribution in [1.82, 2.24) is 0 Å². The fourth-order valence-corrected chi connectivity index (χ4v) is 4.94. The van der Waals surface area contributed by atoms with Gasteiger partial charge in [-0.25, -0.2) is 0 Å². The van der Waals surface area contributed by atoms with Crippen molar-refractivity contribution in [1.29, 1.82) is 0 Å². The van der Waals surface area contributed by atoms with Gasteiger partial charge in [0.15, 0.2) is 0 Å². The molecule has 2 aromatic rings. The Bertz CT molecular complexity index is 972. The van der Waals surface area contributed by atoms with Crippen LogP contribution in [0.3, 0.4) is 0 Å². The van der Waals surface area contributed by atoms with Crippen molar-refractivity contribution in [2.45, 2.75) is 89.9 Å². The van der Waals surface area contributed by atoms with Crippen molar-refractivity contribution in [3.8, 4) is 22.6 Å². The molecule has 0 spiro atoms. The molecule has 0 aromatic heterocycles. The molecule has 0 radical (unpaired) electrons. The first-order valence-electron chi connectivity index (χ1n) is 14.0. The van der Waals surface area contributed by atoms with Crippen molar-refractivity contribution in [2.75, 3.05) is 19.0 Å². The van der Waals surface area contributed by atoms with Crippen molar-refractivity contribution in [3.05, 3.63) is 61.2 Å². The normalized spacial score (nSPS) is 11.4. The number of allylic oxidation sites excluding steroid dienone is 1. The minimum absolute atomic E-state index is 0.135. The monoisotopic (exact) mass is 530 g/mol. The summed E-state index contributed by atoms with van der Waals surface area (Å²) in [6.07, 6.45) is 17.0. The highest BCUT2D eigenvalue weighted by molar-refractivity contribution is 7.85. The molecule has 0 saturated carbocycles. The van der Waals surface area contributed by atoms with Gasteiger partial charge in [0.25, 0.3) is 10.1 Å². The number of unbranched alkanes of at least 4 members (excludes halogenated alkanes) is 12. The molecule has 1 N–H and O–H groups in total. The molecule has 0 bridgehead atoms. The highest BCUT2D eigenvalue weighted by atomic mass is 32.2. The number of ether oxygens (including phenoxy) is 2. The van der Waals surface area contributed by atoms with E-state index in [0.717, 1.165) is 74.0 Å². The quantitative estimate of drug-likeness (QED) is 0.0937. The molecular formula is C31H46O5S. The SMILES string of the molecule is C=CCCCCCCCCOc1cccc(OCCCCCCCCCS(=O)(=O)O)c1-c1ccccc1. The highest BCUT2D eigenvalue weighted by Gasteiger charge is 2.13. The van der Waals surface area contributed by atoms with E-state index >= 15 is 0 Å². The van der Waals surface area contributed by atoms with Gasteiger partial charge < -0.3 is 9.47 Å². The van der Waals surface area contributed by atoms with Crippen LogP contribution in [0.25, 0.3) is 11.1 Å². The zero-order valence-electron chi connectivity index (χ0n) is 22.4. The molecule has 0 aliphatic rings. The lowest BCUT2D eigenvalue weighted by Gasteiger charge is -2.17. The summed E-state index contributed by atoms with van der Waals surface area (Å²) in [5.41, 5.74) is 2.12. The van der Waals surface area contributed by atoms with Gasteiger partial charge in [0.1, 0.15) is 11.5 Å². The molecule has 5 nitrogen and oxygen atoms in total. The highest BCUT2D eigenvalue weighted by Crippen LogP contribution is 2.38. The number of hydrogen-bond donors (Lipinski definition) is 1. The third-order valence-corrected chi connectivity index (χ3v) is 7.22. The Morgan fingerprint density at radius 1 is 0.649 bits per heavy atom. The predicted octanol–water partition coefficient (Wildman–Crippen LogP) is 8.65. The lowest BCUT2D eigenvalue weighted by Crippen LogP contribution is -2.03. The summed E-state index contributed by atoms with van der Waals surface area (Å²) in [5.74, 6) is 1.60. The maximum absolute atomic E-state index is 10.7. The van der Waals surface area contributed by atoms with E-state index in [0.29, 0.717) is 19.6 Å². The molecule has 37 heavy (non-hydrogen) atoms. The minimum Gasteiger partial charge on any atom is -0.493 e. The summed E-state index contributed by atoms with van der Waals surface area (Å²) < 4.78 is 42.7. The number of rotatable bonds is 22. The summed E-state index contributed by atoms with van der Waals surface area (Å²) in [4.78, 5) is 0. The second kappa shape index (κ2) is 18.9. The Labute approximate surface area is 225 Å². The topological polar surface area (TPSA) is 72.8 Å². The second-order valence-corrected chi connectivity index (χ2v) is 11.2. The zero-order valence-corrected chi connectivity index (χ0v) is 23.2. The molecule has 2 aromatic carbocycles. The van der Waals surface area contributed by atoms with Crippen LogP contribution in [0.5, 0.6) is 11.5 Å². The first kappa shape index (κ1) is 30.9. The first-order valence-corrected chi connectivity index (χ1v) is 15.6. The van der Waals surface area contributed by atoms with Crippen molar-refractivity contribution < 1.29 is 22.4 Å². The fourth-order valence-electron chi connectivity index (χ4n) is 4.37. The Kier molecular flexibility index (Phi) is 15.8. The smallest absolute Gasteiger partial charge is 0.264 e. The maximum atomic E-state index is 10.7. The van der Waals surface area contributed by atoms with Crippen LogP contribution in [0.1, 0.15) is 89.9 Å². The van der Waals surface area contributed by atoms with E-state index in [-0.39, 0.29) is 5.75 Å². The Hall–Kier alpha value is -2.31. The van der Waals surface area contributed by atoms with Gasteiger partial charge >= 0.3 is 0 Å². The van der Waals surface area contributed by atoms with E-state index < -0.39 is 10.1 Å². The summed E-state index contributed by atoms with van der Waals surface area (Å²) in [6.45, 7) is 5.14. The van der Waals surface area contributed by atoms with E-state index in [1.54, 1.807) is 0 Å². The molecule has 2 rings (SSSR count). The molecule has 206 valence electrons. The second-order valence-electron chi connectivity index (χ2n) is 9.65. The van der Waals surface area contributed by atoms with Crippen LogP contribution < -0.4 is 9.47 Å². The van der Waals surface area contributed by atoms with Crippen molar-refractivity contribution >= 4 is 10.1 Å². The van der Waals surface area contributed by atoms with E-state index in [1.165, 1.54) is 32.1 Å². The molecule has 0 fully saturated rings. The average molecular weight is 531 g/mol. The molecule has 0 amide bonds. The van der Waals surface area contributed by atoms with Crippen LogP contribution in [0.15, 0.2) is 61.2 Å². The summed E-state index contributed by atoms with van der Waals surface area (Å²) >= 11 is 0. The van der Waals surface area contributed by atoms with Gasteiger partial charge in [0.2, 0.25) is 0 Å². The maximum Gasteiger partial charge on any atom is 0.264 e. The molecular weight excluding hydrogens is 484 g/mol. The van der Waals surface area contributed by atoms with E-state index in [2.05, 4.69) is 18.7 Å². The molecule has 0 atom stereocenters. The number of benzene rings is 2. The van der Waals surface area contributed by atoms with Crippen LogP contribution in [-0.2, 0) is 10.1 Å². The summed E-state index contributed by atoms with van der Waals surface area (Å²) in [5, 5.41) is 0. The van der Waals surface area contributed by atoms with Gasteiger partial charge in [0.05, 0.1) is 24.5 Å². The zero-order chi connectivity index (χ0) is 26.6. The van der Waals surface area contributed by atoms with Crippen LogP contribution in [0.2, 0.25) is 0 Å². The third kappa shape index (κ3) is 14.3. The van der Waals surface area contributed by atoms with E-state index in [1.807, 2.05) is 42.5 Å². The van der Waals surface area contributed by atoms with Crippen LogP contribution in [-0.4, -0.2) is 31.9 Å². The van der Waals surface area contributed by atoms with Crippen LogP contribution in [0.4, 0.5) is 0 Å². The average Bonchev–Trinajstić information content (AvgIpc) is 2.88. The molecule has 6 heteroatoms. The molecule has 0 aliphatic heterocycles. The van der Waals surface area contributed by atoms with Crippen molar-refractivity contribution in [2.24, 2.45) is 0 Å². The molecule has 0 aliphatic carbocycles. The molecule has 0 saturated heterocycles. The standard InChI is InChI=1S/C31H46O5S/c1-2-3-4-5-6-8-11-17-25-35-29-23-20-24-30(31(29)28-21-15-14-16-22-28)36-26-18-12-9-7-10-13-19-27-37(32,33)34/h2,14-16,20-24H,1,3-13,17-19,25-27H2,(H,32,33,34). The molecule has 0 unspecified atom stereocenters. The third-order valence-electron chi connectivity index (χ3n) is 6.41. The largest absolute Gasteiger partial charge is 0.493 e. The number of hydrogen-bond acceptors (Lipinski definition) is 4. The van der Waals surface area contributed by atoms with E-state index in [4.69, 9.17) is 14.0 Å². The minimum atomic E-state index is -3.82. The Balaban J connectivity index is 1.76. The Morgan fingerprint density at radius 3 is 1.65 bits per heavy atom. The lowest BCUT2D eigenvalue weighted by atomic mass is 10.0. The Morgan fingerprint density at radius 2 is 1.14 bits per heavy atom. The van der Waals surface area contributed by atoms with Crippen LogP contribution in [0, 0.1) is 0 Å². The van der Waals surface area contributed by atoms with Gasteiger partial charge in [0, 0.05) is 0 Å². The predicted molar refractivity (Wildman–Crippen MR) is 154 cm³/mol. The fraction of sp³-hybridized carbons (Fsp3) is 0.548. The van der Waals surface area contributed by atoms with Gasteiger partial charge in [-0.05, 0) is 49.8 Å². The van der Waals surface area contributed by atoms with Crippen LogP contribution >= 0.6 is 0 Å². The van der Waals surface area contributed by atoms with Gasteiger partial charge in [-0.3, -0.25) is 4.55 Å². The van der Waals surface area contributed by atoms with Crippen molar-refractivity contribution in [3.63, 3.8) is 0 Å². The molecule has 0 heterocycles. The lowest BCUT2D eigenvalue weighted by molar-refractivity contribution is 0.292.